The molecule has 0 aromatic carbocycles. The Kier molecular flexibility index (Phi) is 3.11. The molecule has 0 saturated carbocycles. The van der Waals surface area contributed by atoms with Gasteiger partial charge in [0.15, 0.2) is 0 Å². The van der Waals surface area contributed by atoms with Gasteiger partial charge in [0, 0.05) is 6.92 Å². The zero-order chi connectivity index (χ0) is 8.20. The average molecular weight is 140 g/mol. The number of ketones is 1. The summed E-state index contributed by atoms with van der Waals surface area (Å²) in [4.78, 5) is 10.3. The number of hydrogen-bond donors (Lipinski definition) is 1. The van der Waals surface area contributed by atoms with Crippen molar-refractivity contribution in [3.05, 3.63) is 0 Å². The van der Waals surface area contributed by atoms with Crippen LogP contribution < -0.4 is 0 Å². The van der Waals surface area contributed by atoms with E-state index < -0.39 is 5.60 Å². The molecule has 0 aliphatic heterocycles. The maximum Gasteiger partial charge on any atom is 0.202 e. The Morgan fingerprint density at radius 1 is 1.70 bits per heavy atom. The minimum absolute atomic E-state index is 0.214. The molecule has 1 atom stereocenters. The van der Waals surface area contributed by atoms with Crippen LogP contribution in [0.1, 0.15) is 27.2 Å². The molecule has 1 unspecified atom stereocenters. The first-order valence-corrected chi connectivity index (χ1v) is 3.24. The molecule has 2 heteroatoms. The summed E-state index contributed by atoms with van der Waals surface area (Å²) in [6.07, 6.45) is 0.535. The first-order valence-electron chi connectivity index (χ1n) is 3.24. The molecule has 0 fully saturated rings. The average Bonchev–Trinajstić information content (AvgIpc) is 1.85. The van der Waals surface area contributed by atoms with Gasteiger partial charge >= 0.3 is 0 Å². The topological polar surface area (TPSA) is 37.3 Å². The van der Waals surface area contributed by atoms with E-state index >= 15 is 0 Å². The quantitative estimate of drug-likeness (QED) is 0.431. The van der Waals surface area contributed by atoms with Crippen molar-refractivity contribution in [3.63, 3.8) is 0 Å². The zero-order valence-corrected chi connectivity index (χ0v) is 6.56. The fraction of sp³-hybridized carbons (Fsp3) is 0.625. The van der Waals surface area contributed by atoms with Gasteiger partial charge in [-0.05, 0) is 19.3 Å². The van der Waals surface area contributed by atoms with Crippen LogP contribution >= 0.6 is 0 Å². The van der Waals surface area contributed by atoms with Crippen molar-refractivity contribution in [2.45, 2.75) is 32.8 Å². The zero-order valence-electron chi connectivity index (χ0n) is 6.56. The molecule has 0 bridgehead atoms. The summed E-state index contributed by atoms with van der Waals surface area (Å²) in [5.74, 6) is 4.55. The highest BCUT2D eigenvalue weighted by molar-refractivity contribution is 5.93. The Balaban J connectivity index is 4.15. The summed E-state index contributed by atoms with van der Waals surface area (Å²) in [6.45, 7) is 4.77. The Hall–Kier alpha value is -0.810. The first kappa shape index (κ1) is 9.19. The molecule has 10 heavy (non-hydrogen) atoms. The molecule has 0 aromatic rings. The fourth-order valence-corrected chi connectivity index (χ4v) is 0.311. The molecular formula is C8H12O2. The molecule has 0 aromatic heterocycles. The first-order chi connectivity index (χ1) is 4.48. The second kappa shape index (κ2) is 3.38. The van der Waals surface area contributed by atoms with Crippen LogP contribution in [0.5, 0.6) is 0 Å². The molecule has 0 spiro atoms. The van der Waals surface area contributed by atoms with E-state index in [0.29, 0.717) is 6.42 Å². The summed E-state index contributed by atoms with van der Waals surface area (Å²) < 4.78 is 0. The minimum Gasteiger partial charge on any atom is -0.378 e. The number of rotatable bonds is 1. The van der Waals surface area contributed by atoms with Crippen LogP contribution in [-0.4, -0.2) is 16.5 Å². The van der Waals surface area contributed by atoms with Gasteiger partial charge in [-0.1, -0.05) is 12.8 Å². The summed E-state index contributed by atoms with van der Waals surface area (Å²) >= 11 is 0. The van der Waals surface area contributed by atoms with Gasteiger partial charge in [0.05, 0.1) is 0 Å². The third-order valence-corrected chi connectivity index (χ3v) is 1.20. The number of carbonyl (C=O) groups excluding carboxylic acids is 1. The second-order valence-corrected chi connectivity index (χ2v) is 2.43. The van der Waals surface area contributed by atoms with Gasteiger partial charge in [0.25, 0.3) is 0 Å². The van der Waals surface area contributed by atoms with Crippen LogP contribution in [-0.2, 0) is 4.79 Å². The van der Waals surface area contributed by atoms with E-state index in [0.717, 1.165) is 0 Å². The molecule has 0 heterocycles. The highest BCUT2D eigenvalue weighted by Gasteiger charge is 2.12. The summed E-state index contributed by atoms with van der Waals surface area (Å²) in [5, 5.41) is 9.25. The van der Waals surface area contributed by atoms with Gasteiger partial charge in [-0.15, -0.1) is 0 Å². The van der Waals surface area contributed by atoms with Crippen molar-refractivity contribution in [3.8, 4) is 11.8 Å². The summed E-state index contributed by atoms with van der Waals surface area (Å²) in [6, 6.07) is 0. The standard InChI is InChI=1S/C8H12O2/c1-4-8(3,10)6-5-7(2)9/h10H,4H2,1-3H3. The van der Waals surface area contributed by atoms with Crippen LogP contribution in [0.2, 0.25) is 0 Å². The Labute approximate surface area is 61.2 Å². The highest BCUT2D eigenvalue weighted by Crippen LogP contribution is 2.04. The lowest BCUT2D eigenvalue weighted by Gasteiger charge is -2.11. The predicted octanol–water partition coefficient (Wildman–Crippen LogP) is 0.740. The maximum absolute atomic E-state index is 10.3. The van der Waals surface area contributed by atoms with E-state index in [1.165, 1.54) is 6.92 Å². The maximum atomic E-state index is 10.3. The monoisotopic (exact) mass is 140 g/mol. The van der Waals surface area contributed by atoms with E-state index in [1.54, 1.807) is 6.92 Å². The van der Waals surface area contributed by atoms with Crippen LogP contribution in [0.25, 0.3) is 0 Å². The molecule has 1 N–H and O–H groups in total. The van der Waals surface area contributed by atoms with Crippen LogP contribution in [0.15, 0.2) is 0 Å². The molecule has 0 rings (SSSR count). The smallest absolute Gasteiger partial charge is 0.202 e. The van der Waals surface area contributed by atoms with Crippen molar-refractivity contribution in [2.75, 3.05) is 0 Å². The van der Waals surface area contributed by atoms with Crippen molar-refractivity contribution in [1.82, 2.24) is 0 Å². The van der Waals surface area contributed by atoms with E-state index in [4.69, 9.17) is 0 Å². The normalized spacial score (nSPS) is 14.8. The molecule has 56 valence electrons. The third kappa shape index (κ3) is 4.11. The van der Waals surface area contributed by atoms with Crippen molar-refractivity contribution in [2.24, 2.45) is 0 Å². The summed E-state index contributed by atoms with van der Waals surface area (Å²) in [7, 11) is 0. The van der Waals surface area contributed by atoms with Crippen molar-refractivity contribution in [1.29, 1.82) is 0 Å². The number of aliphatic hydroxyl groups is 1. The highest BCUT2D eigenvalue weighted by atomic mass is 16.3. The molecule has 0 amide bonds. The third-order valence-electron chi connectivity index (χ3n) is 1.20. The molecule has 0 radical (unpaired) electrons. The van der Waals surface area contributed by atoms with Crippen molar-refractivity contribution >= 4 is 5.78 Å². The Morgan fingerprint density at radius 2 is 2.20 bits per heavy atom. The Morgan fingerprint density at radius 3 is 2.50 bits per heavy atom. The van der Waals surface area contributed by atoms with Gasteiger partial charge < -0.3 is 5.11 Å². The van der Waals surface area contributed by atoms with E-state index in [1.807, 2.05) is 6.92 Å². The largest absolute Gasteiger partial charge is 0.378 e. The van der Waals surface area contributed by atoms with E-state index in [2.05, 4.69) is 11.8 Å². The number of Topliss-reactive ketones (excluding diaryl/α,β-unsaturated/α-hetero) is 1. The molecule has 2 nitrogen and oxygen atoms in total. The lowest BCUT2D eigenvalue weighted by atomic mass is 10.1. The number of hydrogen-bond acceptors (Lipinski definition) is 2. The van der Waals surface area contributed by atoms with E-state index in [9.17, 15) is 9.90 Å². The van der Waals surface area contributed by atoms with Gasteiger partial charge in [-0.3, -0.25) is 4.79 Å². The van der Waals surface area contributed by atoms with Gasteiger partial charge in [-0.25, -0.2) is 0 Å². The SMILES string of the molecule is CCC(C)(O)C#CC(C)=O. The van der Waals surface area contributed by atoms with Crippen LogP contribution in [0.4, 0.5) is 0 Å². The lowest BCUT2D eigenvalue weighted by molar-refractivity contribution is -0.111. The van der Waals surface area contributed by atoms with Gasteiger partial charge in [-0.2, -0.15) is 0 Å². The Bertz CT molecular complexity index is 181. The van der Waals surface area contributed by atoms with Crippen molar-refractivity contribution < 1.29 is 9.90 Å². The van der Waals surface area contributed by atoms with E-state index in [-0.39, 0.29) is 5.78 Å². The molecule has 0 aliphatic carbocycles. The van der Waals surface area contributed by atoms with Crippen LogP contribution in [0.3, 0.4) is 0 Å². The molecule has 0 aliphatic rings. The predicted molar refractivity (Wildman–Crippen MR) is 39.4 cm³/mol. The fourth-order valence-electron chi connectivity index (χ4n) is 0.311. The van der Waals surface area contributed by atoms with Crippen LogP contribution in [0, 0.1) is 11.8 Å². The minimum atomic E-state index is -1.01. The second-order valence-electron chi connectivity index (χ2n) is 2.43. The lowest BCUT2D eigenvalue weighted by Crippen LogP contribution is -2.19. The van der Waals surface area contributed by atoms with Gasteiger partial charge in [0.2, 0.25) is 5.78 Å². The van der Waals surface area contributed by atoms with Gasteiger partial charge in [0.1, 0.15) is 5.60 Å². The molecular weight excluding hydrogens is 128 g/mol. The molecule has 0 saturated heterocycles. The summed E-state index contributed by atoms with van der Waals surface area (Å²) in [5.41, 5.74) is -1.01. The number of carbonyl (C=O) groups is 1.